The van der Waals surface area contributed by atoms with Gasteiger partial charge in [0, 0.05) is 20.8 Å². The molecule has 0 unspecified atom stereocenters. The molecule has 1 aliphatic rings. The summed E-state index contributed by atoms with van der Waals surface area (Å²) in [7, 11) is 0. The van der Waals surface area contributed by atoms with Crippen LogP contribution in [0.4, 0.5) is 0 Å². The first-order chi connectivity index (χ1) is 8.94. The summed E-state index contributed by atoms with van der Waals surface area (Å²) in [5.41, 5.74) is 0.396. The molecule has 3 nitrogen and oxygen atoms in total. The lowest BCUT2D eigenvalue weighted by molar-refractivity contribution is -0.606. The summed E-state index contributed by atoms with van der Waals surface area (Å²) in [4.78, 5) is 0.908. The molecule has 0 aromatic heterocycles. The minimum absolute atomic E-state index is 0.311. The van der Waals surface area contributed by atoms with E-state index < -0.39 is 5.54 Å². The van der Waals surface area contributed by atoms with Gasteiger partial charge in [-0.3, -0.25) is 0 Å². The Labute approximate surface area is 115 Å². The van der Waals surface area contributed by atoms with Crippen molar-refractivity contribution in [2.75, 3.05) is 0 Å². The van der Waals surface area contributed by atoms with Crippen LogP contribution in [0.2, 0.25) is 0 Å². The molecule has 0 heterocycles. The van der Waals surface area contributed by atoms with Crippen LogP contribution < -0.4 is 0 Å². The third kappa shape index (κ3) is 3.14. The van der Waals surface area contributed by atoms with Gasteiger partial charge in [-0.05, 0) is 23.5 Å². The second-order valence-corrected chi connectivity index (χ2v) is 6.50. The van der Waals surface area contributed by atoms with Gasteiger partial charge in [-0.15, -0.1) is 0 Å². The number of hydrogen-bond donors (Lipinski definition) is 0. The van der Waals surface area contributed by atoms with Gasteiger partial charge in [-0.1, -0.05) is 54.5 Å². The molecule has 1 saturated carbocycles. The van der Waals surface area contributed by atoms with E-state index in [1.54, 1.807) is 0 Å². The van der Waals surface area contributed by atoms with E-state index in [9.17, 15) is 5.21 Å². The van der Waals surface area contributed by atoms with Crippen molar-refractivity contribution in [2.24, 2.45) is 5.11 Å². The van der Waals surface area contributed by atoms with Gasteiger partial charge >= 0.3 is 0 Å². The normalized spacial score (nSPS) is 20.3. The molecule has 1 aromatic rings. The van der Waals surface area contributed by atoms with E-state index in [1.807, 2.05) is 39.0 Å². The predicted molar refractivity (Wildman–Crippen MR) is 77.0 cm³/mol. The van der Waals surface area contributed by atoms with Crippen molar-refractivity contribution in [1.82, 2.24) is 0 Å². The van der Waals surface area contributed by atoms with Crippen LogP contribution in [-0.4, -0.2) is 10.4 Å². The smallest absolute Gasteiger partial charge is 0.190 e. The topological polar surface area (TPSA) is 38.4 Å². The number of hydrogen-bond acceptors (Lipinski definition) is 2. The van der Waals surface area contributed by atoms with Gasteiger partial charge in [-0.2, -0.15) is 0 Å². The summed E-state index contributed by atoms with van der Waals surface area (Å²) in [5.74, 6) is 0. The van der Waals surface area contributed by atoms with Gasteiger partial charge in [0.2, 0.25) is 0 Å². The highest BCUT2D eigenvalue weighted by molar-refractivity contribution is 5.24. The van der Waals surface area contributed by atoms with Crippen molar-refractivity contribution in [1.29, 1.82) is 0 Å². The Bertz CT molecular complexity index is 440. The van der Waals surface area contributed by atoms with Gasteiger partial charge in [0.15, 0.2) is 5.54 Å². The zero-order valence-corrected chi connectivity index (χ0v) is 12.2. The molecule has 1 fully saturated rings. The number of nitrogens with zero attached hydrogens (tertiary/aromatic N) is 2. The Balaban J connectivity index is 2.41. The summed E-state index contributed by atoms with van der Waals surface area (Å²) in [6.45, 7) is 5.72. The summed E-state index contributed by atoms with van der Waals surface area (Å²) in [5, 5.41) is 16.8. The fourth-order valence-electron chi connectivity index (χ4n) is 2.66. The number of rotatable bonds is 2. The third-order valence-corrected chi connectivity index (χ3v) is 3.85. The first-order valence-corrected chi connectivity index (χ1v) is 7.20. The van der Waals surface area contributed by atoms with Crippen LogP contribution in [-0.2, 0) is 5.54 Å². The Kier molecular flexibility index (Phi) is 3.93. The number of benzene rings is 1. The number of azo groups is 1. The molecule has 3 heteroatoms. The maximum Gasteiger partial charge on any atom is 0.190 e. The molecule has 0 N–H and O–H groups in total. The zero-order valence-electron chi connectivity index (χ0n) is 12.2. The molecule has 0 radical (unpaired) electrons. The average molecular weight is 260 g/mol. The Hall–Kier alpha value is -1.38. The van der Waals surface area contributed by atoms with E-state index in [2.05, 4.69) is 17.2 Å². The maximum atomic E-state index is 12.3. The molecule has 0 saturated heterocycles. The molecule has 0 amide bonds. The van der Waals surface area contributed by atoms with Crippen LogP contribution in [0.15, 0.2) is 35.4 Å². The molecule has 2 rings (SSSR count). The van der Waals surface area contributed by atoms with E-state index in [-0.39, 0.29) is 5.54 Å². The third-order valence-electron chi connectivity index (χ3n) is 3.85. The summed E-state index contributed by atoms with van der Waals surface area (Å²) >= 11 is 0. The lowest BCUT2D eigenvalue weighted by Crippen LogP contribution is -2.34. The van der Waals surface area contributed by atoms with Gasteiger partial charge in [-0.25, -0.2) is 0 Å². The SMILES string of the molecule is CC(C)(C)[N+]([O-])=NC1(c2ccccc2)CCCCC1. The molecule has 1 aromatic carbocycles. The first-order valence-electron chi connectivity index (χ1n) is 7.20. The summed E-state index contributed by atoms with van der Waals surface area (Å²) in [6, 6.07) is 10.3. The van der Waals surface area contributed by atoms with Crippen molar-refractivity contribution < 1.29 is 4.86 Å². The molecular weight excluding hydrogens is 236 g/mol. The zero-order chi connectivity index (χ0) is 13.9. The van der Waals surface area contributed by atoms with E-state index in [0.717, 1.165) is 30.5 Å². The molecule has 0 aliphatic heterocycles. The highest BCUT2D eigenvalue weighted by Crippen LogP contribution is 2.41. The average Bonchev–Trinajstić information content (AvgIpc) is 2.40. The second-order valence-electron chi connectivity index (χ2n) is 6.50. The molecule has 104 valence electrons. The largest absolute Gasteiger partial charge is 0.599 e. The number of hydroxylamine groups is 1. The van der Waals surface area contributed by atoms with Crippen LogP contribution in [0.5, 0.6) is 0 Å². The maximum absolute atomic E-state index is 12.3. The van der Waals surface area contributed by atoms with Crippen molar-refractivity contribution in [3.8, 4) is 0 Å². The Morgan fingerprint density at radius 3 is 2.16 bits per heavy atom. The van der Waals surface area contributed by atoms with Gasteiger partial charge in [0.05, 0.1) is 0 Å². The quantitative estimate of drug-likeness (QED) is 0.435. The minimum atomic E-state index is -0.473. The molecule has 1 aliphatic carbocycles. The van der Waals surface area contributed by atoms with Crippen LogP contribution in [0.3, 0.4) is 0 Å². The second kappa shape index (κ2) is 5.32. The van der Waals surface area contributed by atoms with Gasteiger partial charge in [0.25, 0.3) is 0 Å². The lowest BCUT2D eigenvalue weighted by atomic mass is 9.77. The van der Waals surface area contributed by atoms with E-state index in [0.29, 0.717) is 0 Å². The molecule has 19 heavy (non-hydrogen) atoms. The standard InChI is InChI=1S/C16H24N2O/c1-15(2,3)18(19)17-16(12-8-5-9-13-16)14-10-6-4-7-11-14/h4,6-7,10-11H,5,8-9,12-13H2,1-3H3. The van der Waals surface area contributed by atoms with Crippen molar-refractivity contribution >= 4 is 0 Å². The van der Waals surface area contributed by atoms with E-state index >= 15 is 0 Å². The molecular formula is C16H24N2O. The highest BCUT2D eigenvalue weighted by Gasteiger charge is 2.38. The minimum Gasteiger partial charge on any atom is -0.599 e. The van der Waals surface area contributed by atoms with Crippen LogP contribution in [0, 0.1) is 5.21 Å². The Morgan fingerprint density at radius 1 is 1.05 bits per heavy atom. The molecule has 0 atom stereocenters. The van der Waals surface area contributed by atoms with Crippen LogP contribution in [0.25, 0.3) is 0 Å². The first kappa shape index (κ1) is 14.0. The summed E-state index contributed by atoms with van der Waals surface area (Å²) in [6.07, 6.45) is 5.50. The van der Waals surface area contributed by atoms with Gasteiger partial charge in [0.1, 0.15) is 5.54 Å². The molecule has 0 bridgehead atoms. The van der Waals surface area contributed by atoms with Crippen molar-refractivity contribution in [3.63, 3.8) is 0 Å². The van der Waals surface area contributed by atoms with Crippen molar-refractivity contribution in [3.05, 3.63) is 41.1 Å². The fraction of sp³-hybridized carbons (Fsp3) is 0.625. The predicted octanol–water partition coefficient (Wildman–Crippen LogP) is 4.61. The fourth-order valence-corrected chi connectivity index (χ4v) is 2.66. The Morgan fingerprint density at radius 2 is 1.63 bits per heavy atom. The van der Waals surface area contributed by atoms with E-state index in [4.69, 9.17) is 0 Å². The van der Waals surface area contributed by atoms with Crippen LogP contribution >= 0.6 is 0 Å². The van der Waals surface area contributed by atoms with Crippen molar-refractivity contribution in [2.45, 2.75) is 64.0 Å². The summed E-state index contributed by atoms with van der Waals surface area (Å²) < 4.78 is 0. The highest BCUT2D eigenvalue weighted by atomic mass is 16.5. The molecule has 0 spiro atoms. The lowest BCUT2D eigenvalue weighted by Gasteiger charge is -2.32. The van der Waals surface area contributed by atoms with Crippen LogP contribution in [0.1, 0.15) is 58.4 Å². The van der Waals surface area contributed by atoms with E-state index in [1.165, 1.54) is 12.0 Å². The monoisotopic (exact) mass is 260 g/mol. The van der Waals surface area contributed by atoms with Gasteiger partial charge < -0.3 is 5.21 Å².